The highest BCUT2D eigenvalue weighted by Gasteiger charge is 2.21. The summed E-state index contributed by atoms with van der Waals surface area (Å²) in [4.78, 5) is 11.3. The molecule has 21 heavy (non-hydrogen) atoms. The van der Waals surface area contributed by atoms with Gasteiger partial charge in [0.05, 0.1) is 19.0 Å². The Morgan fingerprint density at radius 1 is 1.43 bits per heavy atom. The Morgan fingerprint density at radius 2 is 2.19 bits per heavy atom. The molecule has 0 aliphatic rings. The lowest BCUT2D eigenvalue weighted by molar-refractivity contribution is 0.0698. The first kappa shape index (κ1) is 13.2. The van der Waals surface area contributed by atoms with E-state index in [0.29, 0.717) is 5.69 Å². The average molecular weight is 285 g/mol. The molecule has 6 heteroatoms. The van der Waals surface area contributed by atoms with Gasteiger partial charge in [-0.1, -0.05) is 0 Å². The minimum absolute atomic E-state index is 0.161. The standard InChI is InChI=1S/C15H15N3O3/c1-8-13(14-11(15(19)20)7-16-17-14)10-6-9(21-3)4-5-12(10)18(8)2/h4-7H,1-3H3,(H,16,17)(H,19,20). The van der Waals surface area contributed by atoms with E-state index in [4.69, 9.17) is 4.74 Å². The van der Waals surface area contributed by atoms with Gasteiger partial charge in [-0.2, -0.15) is 5.10 Å². The molecular weight excluding hydrogens is 270 g/mol. The van der Waals surface area contributed by atoms with Gasteiger partial charge < -0.3 is 14.4 Å². The van der Waals surface area contributed by atoms with Gasteiger partial charge in [-0.05, 0) is 25.1 Å². The Morgan fingerprint density at radius 3 is 2.86 bits per heavy atom. The van der Waals surface area contributed by atoms with Gasteiger partial charge in [0, 0.05) is 29.2 Å². The lowest BCUT2D eigenvalue weighted by Crippen LogP contribution is -1.98. The summed E-state index contributed by atoms with van der Waals surface area (Å²) < 4.78 is 7.29. The number of carbonyl (C=O) groups is 1. The zero-order valence-corrected chi connectivity index (χ0v) is 12.0. The van der Waals surface area contributed by atoms with Crippen LogP contribution in [0.25, 0.3) is 22.2 Å². The number of methoxy groups -OCH3 is 1. The van der Waals surface area contributed by atoms with Crippen molar-refractivity contribution in [3.63, 3.8) is 0 Å². The lowest BCUT2D eigenvalue weighted by Gasteiger charge is -2.02. The van der Waals surface area contributed by atoms with E-state index in [0.717, 1.165) is 27.9 Å². The highest BCUT2D eigenvalue weighted by Crippen LogP contribution is 2.36. The number of rotatable bonds is 3. The fourth-order valence-corrected chi connectivity index (χ4v) is 2.63. The van der Waals surface area contributed by atoms with Crippen LogP contribution in [0.15, 0.2) is 24.4 Å². The second-order valence-electron chi connectivity index (χ2n) is 4.87. The smallest absolute Gasteiger partial charge is 0.339 e. The summed E-state index contributed by atoms with van der Waals surface area (Å²) in [6, 6.07) is 5.75. The number of fused-ring (bicyclic) bond motifs is 1. The molecule has 1 aromatic carbocycles. The third-order valence-corrected chi connectivity index (χ3v) is 3.82. The van der Waals surface area contributed by atoms with Crippen molar-refractivity contribution < 1.29 is 14.6 Å². The van der Waals surface area contributed by atoms with Crippen LogP contribution in [0.2, 0.25) is 0 Å². The predicted molar refractivity (Wildman–Crippen MR) is 78.7 cm³/mol. The molecule has 0 atom stereocenters. The number of carboxylic acids is 1. The first-order valence-electron chi connectivity index (χ1n) is 6.44. The number of aromatic carboxylic acids is 1. The van der Waals surface area contributed by atoms with Crippen molar-refractivity contribution in [1.29, 1.82) is 0 Å². The largest absolute Gasteiger partial charge is 0.497 e. The molecule has 0 aliphatic carbocycles. The summed E-state index contributed by atoms with van der Waals surface area (Å²) >= 11 is 0. The van der Waals surface area contributed by atoms with Crippen molar-refractivity contribution in [2.45, 2.75) is 6.92 Å². The maximum absolute atomic E-state index is 11.3. The van der Waals surface area contributed by atoms with E-state index < -0.39 is 5.97 Å². The molecular formula is C15H15N3O3. The number of H-pyrrole nitrogens is 1. The molecule has 2 heterocycles. The topological polar surface area (TPSA) is 80.1 Å². The van der Waals surface area contributed by atoms with Gasteiger partial charge in [-0.15, -0.1) is 0 Å². The third-order valence-electron chi connectivity index (χ3n) is 3.82. The van der Waals surface area contributed by atoms with Crippen molar-refractivity contribution in [3.05, 3.63) is 35.7 Å². The Bertz CT molecular complexity index is 845. The maximum Gasteiger partial charge on any atom is 0.339 e. The summed E-state index contributed by atoms with van der Waals surface area (Å²) in [7, 11) is 3.56. The molecule has 2 aromatic heterocycles. The van der Waals surface area contributed by atoms with Gasteiger partial charge in [0.1, 0.15) is 11.3 Å². The lowest BCUT2D eigenvalue weighted by atomic mass is 10.0. The van der Waals surface area contributed by atoms with Gasteiger partial charge in [0.15, 0.2) is 0 Å². The summed E-state index contributed by atoms with van der Waals surface area (Å²) in [5.74, 6) is -0.274. The number of aromatic nitrogens is 3. The Hall–Kier alpha value is -2.76. The Labute approximate surface area is 121 Å². The Balaban J connectivity index is 2.38. The second-order valence-corrected chi connectivity index (χ2v) is 4.87. The molecule has 0 fully saturated rings. The first-order valence-corrected chi connectivity index (χ1v) is 6.44. The summed E-state index contributed by atoms with van der Waals surface area (Å²) in [5, 5.41) is 16.9. The second kappa shape index (κ2) is 4.66. The monoisotopic (exact) mass is 285 g/mol. The number of nitrogens with one attached hydrogen (secondary N) is 1. The van der Waals surface area contributed by atoms with Gasteiger partial charge >= 0.3 is 5.97 Å². The normalized spacial score (nSPS) is 11.0. The van der Waals surface area contributed by atoms with E-state index in [1.54, 1.807) is 7.11 Å². The summed E-state index contributed by atoms with van der Waals surface area (Å²) in [5.41, 5.74) is 3.48. The van der Waals surface area contributed by atoms with E-state index in [1.807, 2.05) is 36.7 Å². The highest BCUT2D eigenvalue weighted by molar-refractivity contribution is 6.03. The van der Waals surface area contributed by atoms with Crippen LogP contribution in [-0.2, 0) is 7.05 Å². The van der Waals surface area contributed by atoms with Crippen LogP contribution in [0.3, 0.4) is 0 Å². The first-order chi connectivity index (χ1) is 10.0. The molecule has 0 aliphatic heterocycles. The van der Waals surface area contributed by atoms with E-state index >= 15 is 0 Å². The van der Waals surface area contributed by atoms with Crippen molar-refractivity contribution in [2.24, 2.45) is 7.05 Å². The van der Waals surface area contributed by atoms with Crippen molar-refractivity contribution >= 4 is 16.9 Å². The van der Waals surface area contributed by atoms with Crippen molar-refractivity contribution in [1.82, 2.24) is 14.8 Å². The zero-order valence-electron chi connectivity index (χ0n) is 12.0. The van der Waals surface area contributed by atoms with Crippen molar-refractivity contribution in [3.8, 4) is 17.0 Å². The van der Waals surface area contributed by atoms with E-state index in [-0.39, 0.29) is 5.56 Å². The van der Waals surface area contributed by atoms with Gasteiger partial charge in [0.25, 0.3) is 0 Å². The molecule has 108 valence electrons. The fourth-order valence-electron chi connectivity index (χ4n) is 2.63. The number of carboxylic acid groups (broad SMARTS) is 1. The van der Waals surface area contributed by atoms with Crippen LogP contribution < -0.4 is 4.74 Å². The van der Waals surface area contributed by atoms with Gasteiger partial charge in [-0.25, -0.2) is 4.79 Å². The van der Waals surface area contributed by atoms with Crippen LogP contribution in [0.4, 0.5) is 0 Å². The van der Waals surface area contributed by atoms with Crippen LogP contribution >= 0.6 is 0 Å². The number of benzene rings is 1. The zero-order chi connectivity index (χ0) is 15.1. The van der Waals surface area contributed by atoms with Crippen LogP contribution in [0.1, 0.15) is 16.1 Å². The number of aromatic amines is 1. The molecule has 0 saturated heterocycles. The molecule has 3 rings (SSSR count). The van der Waals surface area contributed by atoms with E-state index in [2.05, 4.69) is 10.2 Å². The molecule has 0 saturated carbocycles. The third kappa shape index (κ3) is 1.87. The van der Waals surface area contributed by atoms with Gasteiger partial charge in [-0.3, -0.25) is 5.10 Å². The fraction of sp³-hybridized carbons (Fsp3) is 0.200. The summed E-state index contributed by atoms with van der Waals surface area (Å²) in [6.07, 6.45) is 1.33. The molecule has 0 spiro atoms. The molecule has 6 nitrogen and oxygen atoms in total. The SMILES string of the molecule is COc1ccc2c(c1)c(-c1[nH]ncc1C(=O)O)c(C)n2C. The predicted octanol–water partition coefficient (Wildman–Crippen LogP) is 2.58. The molecule has 3 aromatic rings. The maximum atomic E-state index is 11.3. The molecule has 0 amide bonds. The van der Waals surface area contributed by atoms with E-state index in [1.165, 1.54) is 6.20 Å². The average Bonchev–Trinajstić information content (AvgIpc) is 3.03. The number of nitrogens with zero attached hydrogens (tertiary/aromatic N) is 2. The molecule has 0 radical (unpaired) electrons. The number of hydrogen-bond donors (Lipinski definition) is 2. The van der Waals surface area contributed by atoms with Crippen molar-refractivity contribution in [2.75, 3.05) is 7.11 Å². The minimum atomic E-state index is -1.00. The van der Waals surface area contributed by atoms with E-state index in [9.17, 15) is 9.90 Å². The molecule has 0 unspecified atom stereocenters. The number of hydrogen-bond acceptors (Lipinski definition) is 3. The van der Waals surface area contributed by atoms with Crippen LogP contribution in [-0.4, -0.2) is 33.0 Å². The Kier molecular flexibility index (Phi) is 2.94. The van der Waals surface area contributed by atoms with Crippen LogP contribution in [0, 0.1) is 6.92 Å². The molecule has 2 N–H and O–H groups in total. The van der Waals surface area contributed by atoms with Crippen LogP contribution in [0.5, 0.6) is 5.75 Å². The quantitative estimate of drug-likeness (QED) is 0.775. The highest BCUT2D eigenvalue weighted by atomic mass is 16.5. The number of ether oxygens (including phenoxy) is 1. The van der Waals surface area contributed by atoms with Gasteiger partial charge in [0.2, 0.25) is 0 Å². The molecule has 0 bridgehead atoms. The minimum Gasteiger partial charge on any atom is -0.497 e. The number of aryl methyl sites for hydroxylation is 1. The summed E-state index contributed by atoms with van der Waals surface area (Å²) in [6.45, 7) is 1.95.